The quantitative estimate of drug-likeness (QED) is 0.721. The average molecular weight is 407 g/mol. The summed E-state index contributed by atoms with van der Waals surface area (Å²) in [5.74, 6) is -0.782. The summed E-state index contributed by atoms with van der Waals surface area (Å²) in [5.41, 5.74) is 2.70. The molecule has 1 fully saturated rings. The highest BCUT2D eigenvalue weighted by atomic mass is 19.1. The summed E-state index contributed by atoms with van der Waals surface area (Å²) >= 11 is 0. The molecule has 1 aliphatic heterocycles. The number of amides is 2. The fourth-order valence-corrected chi connectivity index (χ4v) is 3.44. The summed E-state index contributed by atoms with van der Waals surface area (Å²) in [5, 5.41) is 11.0. The van der Waals surface area contributed by atoms with Crippen molar-refractivity contribution < 1.29 is 14.0 Å². The van der Waals surface area contributed by atoms with Crippen LogP contribution in [0.3, 0.4) is 0 Å². The highest BCUT2D eigenvalue weighted by Gasteiger charge is 2.26. The molecule has 2 amide bonds. The van der Waals surface area contributed by atoms with Crippen LogP contribution in [0.25, 0.3) is 5.69 Å². The molecule has 1 aromatic heterocycles. The van der Waals surface area contributed by atoms with Gasteiger partial charge in [0.15, 0.2) is 5.69 Å². The normalized spacial score (nSPS) is 14.5. The first kappa shape index (κ1) is 19.8. The van der Waals surface area contributed by atoms with Crippen LogP contribution in [-0.2, 0) is 0 Å². The molecule has 30 heavy (non-hydrogen) atoms. The monoisotopic (exact) mass is 407 g/mol. The number of rotatable bonds is 4. The molecule has 1 aliphatic rings. The molecule has 0 spiro atoms. The lowest BCUT2D eigenvalue weighted by molar-refractivity contribution is 0.0692. The van der Waals surface area contributed by atoms with Crippen LogP contribution >= 0.6 is 0 Å². The molecule has 0 radical (unpaired) electrons. The van der Waals surface area contributed by atoms with Crippen molar-refractivity contribution in [3.05, 3.63) is 77.4 Å². The maximum Gasteiger partial charge on any atom is 0.276 e. The molecule has 1 saturated heterocycles. The third-order valence-electron chi connectivity index (χ3n) is 5.23. The Bertz CT molecular complexity index is 1040. The predicted molar refractivity (Wildman–Crippen MR) is 109 cm³/mol. The molecule has 154 valence electrons. The number of halogens is 1. The zero-order valence-corrected chi connectivity index (χ0v) is 16.6. The molecule has 8 heteroatoms. The highest BCUT2D eigenvalue weighted by Crippen LogP contribution is 2.15. The first-order valence-corrected chi connectivity index (χ1v) is 9.85. The third-order valence-corrected chi connectivity index (χ3v) is 5.23. The summed E-state index contributed by atoms with van der Waals surface area (Å²) in [6.45, 7) is 3.04. The van der Waals surface area contributed by atoms with Gasteiger partial charge in [0.25, 0.3) is 11.8 Å². The van der Waals surface area contributed by atoms with Crippen LogP contribution in [0, 0.1) is 12.7 Å². The first-order chi connectivity index (χ1) is 14.5. The molecule has 0 unspecified atom stereocenters. The molecular weight excluding hydrogens is 385 g/mol. The van der Waals surface area contributed by atoms with E-state index < -0.39 is 0 Å². The number of piperidine rings is 1. The van der Waals surface area contributed by atoms with Gasteiger partial charge >= 0.3 is 0 Å². The van der Waals surface area contributed by atoms with Crippen molar-refractivity contribution in [2.45, 2.75) is 25.8 Å². The highest BCUT2D eigenvalue weighted by molar-refractivity contribution is 5.94. The lowest BCUT2D eigenvalue weighted by Crippen LogP contribution is -2.46. The van der Waals surface area contributed by atoms with Crippen LogP contribution in [0.2, 0.25) is 0 Å². The number of benzene rings is 2. The van der Waals surface area contributed by atoms with Gasteiger partial charge in [-0.05, 0) is 56.2 Å². The number of hydrogen-bond acceptors (Lipinski definition) is 4. The van der Waals surface area contributed by atoms with Crippen molar-refractivity contribution in [1.29, 1.82) is 0 Å². The van der Waals surface area contributed by atoms with Crippen LogP contribution < -0.4 is 5.32 Å². The van der Waals surface area contributed by atoms with E-state index >= 15 is 0 Å². The summed E-state index contributed by atoms with van der Waals surface area (Å²) in [6, 6.07) is 13.2. The standard InChI is InChI=1S/C22H22FN5O2/c1-15-2-8-19(9-3-15)28-14-20(25-26-28)22(30)27-12-10-18(11-13-27)24-21(29)16-4-6-17(23)7-5-16/h2-9,14,18H,10-13H2,1H3,(H,24,29). The van der Waals surface area contributed by atoms with Crippen molar-refractivity contribution in [1.82, 2.24) is 25.2 Å². The molecule has 2 heterocycles. The van der Waals surface area contributed by atoms with E-state index in [0.29, 0.717) is 37.2 Å². The van der Waals surface area contributed by atoms with Crippen molar-refractivity contribution >= 4 is 11.8 Å². The van der Waals surface area contributed by atoms with Gasteiger partial charge in [-0.1, -0.05) is 22.9 Å². The number of aromatic nitrogens is 3. The Morgan fingerprint density at radius 3 is 2.37 bits per heavy atom. The molecule has 0 atom stereocenters. The van der Waals surface area contributed by atoms with Crippen molar-refractivity contribution in [2.24, 2.45) is 0 Å². The van der Waals surface area contributed by atoms with Crippen LogP contribution in [0.4, 0.5) is 4.39 Å². The number of likely N-dealkylation sites (tertiary alicyclic amines) is 1. The van der Waals surface area contributed by atoms with E-state index in [1.165, 1.54) is 24.3 Å². The summed E-state index contributed by atoms with van der Waals surface area (Å²) in [7, 11) is 0. The fraction of sp³-hybridized carbons (Fsp3) is 0.273. The molecule has 0 bridgehead atoms. The molecule has 0 saturated carbocycles. The third kappa shape index (κ3) is 4.37. The summed E-state index contributed by atoms with van der Waals surface area (Å²) < 4.78 is 14.6. The zero-order chi connectivity index (χ0) is 21.1. The second-order valence-electron chi connectivity index (χ2n) is 7.43. The van der Waals surface area contributed by atoms with Crippen molar-refractivity contribution in [3.8, 4) is 5.69 Å². The second-order valence-corrected chi connectivity index (χ2v) is 7.43. The van der Waals surface area contributed by atoms with Gasteiger partial charge in [-0.2, -0.15) is 0 Å². The zero-order valence-electron chi connectivity index (χ0n) is 16.6. The van der Waals surface area contributed by atoms with E-state index in [-0.39, 0.29) is 23.7 Å². The Hall–Kier alpha value is -3.55. The van der Waals surface area contributed by atoms with Gasteiger partial charge in [0.05, 0.1) is 11.9 Å². The largest absolute Gasteiger partial charge is 0.349 e. The maximum atomic E-state index is 13.0. The SMILES string of the molecule is Cc1ccc(-n2cc(C(=O)N3CCC(NC(=O)c4ccc(F)cc4)CC3)nn2)cc1. The van der Waals surface area contributed by atoms with Gasteiger partial charge in [-0.25, -0.2) is 9.07 Å². The Balaban J connectivity index is 1.33. The molecule has 1 N–H and O–H groups in total. The van der Waals surface area contributed by atoms with Gasteiger partial charge in [0.1, 0.15) is 5.82 Å². The van der Waals surface area contributed by atoms with Crippen LogP contribution in [0.15, 0.2) is 54.7 Å². The van der Waals surface area contributed by atoms with Gasteiger partial charge in [0.2, 0.25) is 0 Å². The minimum atomic E-state index is -0.377. The van der Waals surface area contributed by atoms with E-state index in [0.717, 1.165) is 11.3 Å². The lowest BCUT2D eigenvalue weighted by Gasteiger charge is -2.31. The van der Waals surface area contributed by atoms with E-state index in [4.69, 9.17) is 0 Å². The maximum absolute atomic E-state index is 13.0. The van der Waals surface area contributed by atoms with Gasteiger partial charge in [0, 0.05) is 24.7 Å². The molecule has 3 aromatic rings. The minimum Gasteiger partial charge on any atom is -0.349 e. The Morgan fingerprint density at radius 2 is 1.70 bits per heavy atom. The van der Waals surface area contributed by atoms with E-state index in [1.54, 1.807) is 15.8 Å². The number of carbonyl (C=O) groups is 2. The molecular formula is C22H22FN5O2. The van der Waals surface area contributed by atoms with Crippen molar-refractivity contribution in [2.75, 3.05) is 13.1 Å². The number of aryl methyl sites for hydroxylation is 1. The summed E-state index contributed by atoms with van der Waals surface area (Å²) in [4.78, 5) is 26.8. The van der Waals surface area contributed by atoms with Gasteiger partial charge < -0.3 is 10.2 Å². The number of nitrogens with one attached hydrogen (secondary N) is 1. The van der Waals surface area contributed by atoms with Crippen molar-refractivity contribution in [3.63, 3.8) is 0 Å². The average Bonchev–Trinajstić information content (AvgIpc) is 3.25. The topological polar surface area (TPSA) is 80.1 Å². The fourth-order valence-electron chi connectivity index (χ4n) is 3.44. The first-order valence-electron chi connectivity index (χ1n) is 9.85. The van der Waals surface area contributed by atoms with Crippen LogP contribution in [-0.4, -0.2) is 50.8 Å². The number of nitrogens with zero attached hydrogens (tertiary/aromatic N) is 4. The number of carbonyl (C=O) groups excluding carboxylic acids is 2. The van der Waals surface area contributed by atoms with E-state index in [1.807, 2.05) is 31.2 Å². The predicted octanol–water partition coefficient (Wildman–Crippen LogP) is 2.75. The molecule has 4 rings (SSSR count). The number of hydrogen-bond donors (Lipinski definition) is 1. The van der Waals surface area contributed by atoms with Gasteiger partial charge in [-0.15, -0.1) is 5.10 Å². The van der Waals surface area contributed by atoms with Gasteiger partial charge in [-0.3, -0.25) is 9.59 Å². The van der Waals surface area contributed by atoms with Crippen LogP contribution in [0.1, 0.15) is 39.3 Å². The summed E-state index contributed by atoms with van der Waals surface area (Å²) in [6.07, 6.45) is 2.92. The smallest absolute Gasteiger partial charge is 0.276 e. The van der Waals surface area contributed by atoms with Crippen LogP contribution in [0.5, 0.6) is 0 Å². The lowest BCUT2D eigenvalue weighted by atomic mass is 10.0. The molecule has 0 aliphatic carbocycles. The Morgan fingerprint density at radius 1 is 1.03 bits per heavy atom. The molecule has 7 nitrogen and oxygen atoms in total. The Kier molecular flexibility index (Phi) is 5.56. The molecule has 2 aromatic carbocycles. The van der Waals surface area contributed by atoms with E-state index in [9.17, 15) is 14.0 Å². The second kappa shape index (κ2) is 8.44. The Labute approximate surface area is 173 Å². The minimum absolute atomic E-state index is 0.0326. The van der Waals surface area contributed by atoms with E-state index in [2.05, 4.69) is 15.6 Å².